The van der Waals surface area contributed by atoms with Crippen LogP contribution in [0.25, 0.3) is 0 Å². The predicted molar refractivity (Wildman–Crippen MR) is 110 cm³/mol. The van der Waals surface area contributed by atoms with Crippen molar-refractivity contribution in [2.24, 2.45) is 5.92 Å². The summed E-state index contributed by atoms with van der Waals surface area (Å²) in [5.41, 5.74) is 1.21. The molecular weight excluding hydrogens is 350 g/mol. The molecule has 5 nitrogen and oxygen atoms in total. The highest BCUT2D eigenvalue weighted by Crippen LogP contribution is 2.28. The van der Waals surface area contributed by atoms with Crippen LogP contribution < -0.4 is 15.5 Å². The lowest BCUT2D eigenvalue weighted by Crippen LogP contribution is -3.18. The normalized spacial score (nSPS) is 27.8. The fraction of sp³-hybridized carbons (Fsp3) is 0.652. The van der Waals surface area contributed by atoms with Crippen LogP contribution in [0, 0.1) is 5.92 Å². The Bertz CT molecular complexity index is 697. The van der Waals surface area contributed by atoms with Gasteiger partial charge in [0.1, 0.15) is 0 Å². The highest BCUT2D eigenvalue weighted by Gasteiger charge is 2.37. The zero-order valence-electron chi connectivity index (χ0n) is 16.8. The SMILES string of the molecule is O=C(C[NH+]1CCC[C@H]2CCCC[C@@H]21)Nc1ccccc1C(=O)NC1CCCC1. The Morgan fingerprint density at radius 3 is 2.50 bits per heavy atom. The summed E-state index contributed by atoms with van der Waals surface area (Å²) in [7, 11) is 0. The molecule has 2 aliphatic carbocycles. The molecule has 0 bridgehead atoms. The molecule has 3 atom stereocenters. The van der Waals surface area contributed by atoms with Crippen LogP contribution in [0.15, 0.2) is 24.3 Å². The second-order valence-electron chi connectivity index (χ2n) is 8.93. The molecule has 4 rings (SSSR count). The molecule has 2 amide bonds. The Hall–Kier alpha value is -1.88. The lowest BCUT2D eigenvalue weighted by atomic mass is 9.78. The number of piperidine rings is 1. The highest BCUT2D eigenvalue weighted by molar-refractivity contribution is 6.04. The number of benzene rings is 1. The van der Waals surface area contributed by atoms with Gasteiger partial charge in [0.25, 0.3) is 11.8 Å². The second kappa shape index (κ2) is 9.08. The van der Waals surface area contributed by atoms with Crippen LogP contribution in [0.4, 0.5) is 5.69 Å². The maximum Gasteiger partial charge on any atom is 0.279 e. The van der Waals surface area contributed by atoms with E-state index in [-0.39, 0.29) is 17.9 Å². The second-order valence-corrected chi connectivity index (χ2v) is 8.93. The number of nitrogens with one attached hydrogen (secondary N) is 3. The van der Waals surface area contributed by atoms with Gasteiger partial charge < -0.3 is 15.5 Å². The van der Waals surface area contributed by atoms with Crippen molar-refractivity contribution in [1.29, 1.82) is 0 Å². The van der Waals surface area contributed by atoms with Crippen LogP contribution in [0.5, 0.6) is 0 Å². The monoisotopic (exact) mass is 384 g/mol. The number of likely N-dealkylation sites (tertiary alicyclic amines) is 1. The minimum Gasteiger partial charge on any atom is -0.349 e. The number of para-hydroxylation sites is 1. The van der Waals surface area contributed by atoms with Gasteiger partial charge in [-0.1, -0.05) is 31.4 Å². The molecule has 0 spiro atoms. The molecule has 1 saturated heterocycles. The number of rotatable bonds is 5. The Kier molecular flexibility index (Phi) is 6.30. The number of anilines is 1. The fourth-order valence-corrected chi connectivity index (χ4v) is 5.61. The number of hydrogen-bond acceptors (Lipinski definition) is 2. The lowest BCUT2D eigenvalue weighted by molar-refractivity contribution is -0.928. The zero-order chi connectivity index (χ0) is 19.3. The van der Waals surface area contributed by atoms with E-state index in [1.807, 2.05) is 24.3 Å². The molecule has 5 heteroatoms. The predicted octanol–water partition coefficient (Wildman–Crippen LogP) is 2.53. The van der Waals surface area contributed by atoms with Crippen molar-refractivity contribution in [2.75, 3.05) is 18.4 Å². The first-order valence-electron chi connectivity index (χ1n) is 11.2. The first kappa shape index (κ1) is 19.4. The van der Waals surface area contributed by atoms with E-state index in [1.54, 1.807) is 0 Å². The lowest BCUT2D eigenvalue weighted by Gasteiger charge is -2.40. The van der Waals surface area contributed by atoms with E-state index in [1.165, 1.54) is 56.3 Å². The number of quaternary nitrogens is 1. The van der Waals surface area contributed by atoms with Crippen molar-refractivity contribution >= 4 is 17.5 Å². The van der Waals surface area contributed by atoms with E-state index in [0.717, 1.165) is 25.3 Å². The van der Waals surface area contributed by atoms with E-state index in [4.69, 9.17) is 0 Å². The van der Waals surface area contributed by atoms with Gasteiger partial charge in [0, 0.05) is 12.0 Å². The zero-order valence-corrected chi connectivity index (χ0v) is 16.8. The molecule has 1 aliphatic heterocycles. The van der Waals surface area contributed by atoms with Gasteiger partial charge in [0.05, 0.1) is 23.8 Å². The third kappa shape index (κ3) is 4.57. The Morgan fingerprint density at radius 1 is 0.929 bits per heavy atom. The molecule has 1 heterocycles. The molecule has 1 aromatic carbocycles. The van der Waals surface area contributed by atoms with Crippen LogP contribution in [0.1, 0.15) is 74.6 Å². The molecule has 3 N–H and O–H groups in total. The molecule has 0 aromatic heterocycles. The third-order valence-corrected chi connectivity index (χ3v) is 7.03. The molecule has 152 valence electrons. The van der Waals surface area contributed by atoms with E-state index in [2.05, 4.69) is 10.6 Å². The minimum absolute atomic E-state index is 0.0299. The number of amides is 2. The molecule has 3 aliphatic rings. The summed E-state index contributed by atoms with van der Waals surface area (Å²) in [6, 6.07) is 8.32. The van der Waals surface area contributed by atoms with Gasteiger partial charge in [-0.25, -0.2) is 0 Å². The molecule has 1 aromatic rings. The molecule has 1 unspecified atom stereocenters. The highest BCUT2D eigenvalue weighted by atomic mass is 16.2. The quantitative estimate of drug-likeness (QED) is 0.731. The van der Waals surface area contributed by atoms with Gasteiger partial charge in [0.15, 0.2) is 6.54 Å². The molecular formula is C23H34N3O2+. The van der Waals surface area contributed by atoms with Crippen molar-refractivity contribution in [1.82, 2.24) is 5.32 Å². The van der Waals surface area contributed by atoms with Crippen LogP contribution in [0.2, 0.25) is 0 Å². The summed E-state index contributed by atoms with van der Waals surface area (Å²) in [5.74, 6) is 0.762. The standard InChI is InChI=1S/C23H33N3O2/c27-22(16-26-15-7-9-17-8-1-6-14-21(17)26)25-20-13-5-4-12-19(20)23(28)24-18-10-2-3-11-18/h4-5,12-13,17-18,21H,1-3,6-11,14-16H2,(H,24,28)(H,25,27)/p+1/t17-,21+/m1/s1. The average Bonchev–Trinajstić information content (AvgIpc) is 3.21. The molecule has 28 heavy (non-hydrogen) atoms. The summed E-state index contributed by atoms with van der Waals surface area (Å²) in [4.78, 5) is 27.0. The average molecular weight is 385 g/mol. The van der Waals surface area contributed by atoms with Crippen molar-refractivity contribution in [3.8, 4) is 0 Å². The summed E-state index contributed by atoms with van der Waals surface area (Å²) >= 11 is 0. The maximum absolute atomic E-state index is 12.8. The van der Waals surface area contributed by atoms with Crippen LogP contribution in [0.3, 0.4) is 0 Å². The van der Waals surface area contributed by atoms with Crippen molar-refractivity contribution in [3.05, 3.63) is 29.8 Å². The van der Waals surface area contributed by atoms with Gasteiger partial charge in [-0.15, -0.1) is 0 Å². The van der Waals surface area contributed by atoms with Crippen molar-refractivity contribution in [3.63, 3.8) is 0 Å². The van der Waals surface area contributed by atoms with Crippen molar-refractivity contribution < 1.29 is 14.5 Å². The van der Waals surface area contributed by atoms with Gasteiger partial charge in [-0.3, -0.25) is 9.59 Å². The van der Waals surface area contributed by atoms with Gasteiger partial charge in [-0.2, -0.15) is 0 Å². The number of carbonyl (C=O) groups is 2. The van der Waals surface area contributed by atoms with E-state index >= 15 is 0 Å². The maximum atomic E-state index is 12.8. The molecule has 3 fully saturated rings. The summed E-state index contributed by atoms with van der Waals surface area (Å²) in [5, 5.41) is 6.17. The van der Waals surface area contributed by atoms with Gasteiger partial charge in [0.2, 0.25) is 0 Å². The number of hydrogen-bond donors (Lipinski definition) is 3. The van der Waals surface area contributed by atoms with Crippen LogP contribution >= 0.6 is 0 Å². The summed E-state index contributed by atoms with van der Waals surface area (Å²) < 4.78 is 0. The minimum atomic E-state index is -0.0690. The third-order valence-electron chi connectivity index (χ3n) is 7.03. The van der Waals surface area contributed by atoms with E-state index in [0.29, 0.717) is 23.8 Å². The Balaban J connectivity index is 1.38. The Labute approximate surface area is 168 Å². The van der Waals surface area contributed by atoms with Crippen molar-refractivity contribution in [2.45, 2.75) is 76.3 Å². The van der Waals surface area contributed by atoms with Gasteiger partial charge in [-0.05, 0) is 57.1 Å². The van der Waals surface area contributed by atoms with E-state index < -0.39 is 0 Å². The number of fused-ring (bicyclic) bond motifs is 1. The fourth-order valence-electron chi connectivity index (χ4n) is 5.61. The van der Waals surface area contributed by atoms with Crippen LogP contribution in [-0.2, 0) is 4.79 Å². The molecule has 0 radical (unpaired) electrons. The van der Waals surface area contributed by atoms with Gasteiger partial charge >= 0.3 is 0 Å². The van der Waals surface area contributed by atoms with Crippen LogP contribution in [-0.4, -0.2) is 37.0 Å². The summed E-state index contributed by atoms with van der Waals surface area (Å²) in [6.07, 6.45) is 12.3. The topological polar surface area (TPSA) is 62.6 Å². The van der Waals surface area contributed by atoms with E-state index in [9.17, 15) is 9.59 Å². The largest absolute Gasteiger partial charge is 0.349 e. The first-order valence-corrected chi connectivity index (χ1v) is 11.2. The number of carbonyl (C=O) groups excluding carboxylic acids is 2. The first-order chi connectivity index (χ1) is 13.7. The smallest absolute Gasteiger partial charge is 0.279 e. The Morgan fingerprint density at radius 2 is 1.64 bits per heavy atom. The summed E-state index contributed by atoms with van der Waals surface area (Å²) in [6.45, 7) is 1.61. The molecule has 2 saturated carbocycles.